The highest BCUT2D eigenvalue weighted by Crippen LogP contribution is 2.18. The van der Waals surface area contributed by atoms with E-state index in [2.05, 4.69) is 32.5 Å². The summed E-state index contributed by atoms with van der Waals surface area (Å²) in [6.45, 7) is 4.35. The number of hydrogen-bond acceptors (Lipinski definition) is 5. The van der Waals surface area contributed by atoms with Gasteiger partial charge in [0, 0.05) is 48.9 Å². The van der Waals surface area contributed by atoms with Gasteiger partial charge in [-0.3, -0.25) is 9.78 Å². The van der Waals surface area contributed by atoms with Gasteiger partial charge in [0.05, 0.1) is 0 Å². The van der Waals surface area contributed by atoms with Crippen LogP contribution in [0.15, 0.2) is 54.9 Å². The lowest BCUT2D eigenvalue weighted by Gasteiger charge is -2.10. The molecule has 0 aliphatic rings. The van der Waals surface area contributed by atoms with E-state index in [0.29, 0.717) is 5.82 Å². The Morgan fingerprint density at radius 2 is 1.78 bits per heavy atom. The second-order valence-corrected chi connectivity index (χ2v) is 6.21. The first-order chi connectivity index (χ1) is 13.1. The number of benzene rings is 1. The van der Waals surface area contributed by atoms with Gasteiger partial charge in [-0.05, 0) is 42.7 Å². The number of nitrogens with one attached hydrogen (secondary N) is 2. The molecule has 0 saturated carbocycles. The molecule has 2 N–H and O–H groups in total. The van der Waals surface area contributed by atoms with E-state index in [9.17, 15) is 4.79 Å². The summed E-state index contributed by atoms with van der Waals surface area (Å²) in [6.07, 6.45) is 5.19. The monoisotopic (exact) mass is 361 g/mol. The van der Waals surface area contributed by atoms with E-state index >= 15 is 0 Å². The highest BCUT2D eigenvalue weighted by Gasteiger charge is 2.06. The Kier molecular flexibility index (Phi) is 6.10. The number of aromatic nitrogens is 3. The van der Waals surface area contributed by atoms with Gasteiger partial charge in [0.1, 0.15) is 5.82 Å². The molecule has 0 saturated heterocycles. The van der Waals surface area contributed by atoms with Gasteiger partial charge in [0.15, 0.2) is 5.82 Å². The number of carbonyl (C=O) groups excluding carboxylic acids is 1. The number of rotatable bonds is 7. The minimum absolute atomic E-state index is 0.0649. The third-order valence-electron chi connectivity index (χ3n) is 4.07. The van der Waals surface area contributed by atoms with Crippen molar-refractivity contribution in [3.63, 3.8) is 0 Å². The average Bonchev–Trinajstić information content (AvgIpc) is 2.69. The zero-order valence-electron chi connectivity index (χ0n) is 15.6. The van der Waals surface area contributed by atoms with E-state index in [-0.39, 0.29) is 5.91 Å². The van der Waals surface area contributed by atoms with Crippen molar-refractivity contribution in [2.45, 2.75) is 26.7 Å². The predicted octanol–water partition coefficient (Wildman–Crippen LogP) is 3.71. The van der Waals surface area contributed by atoms with Crippen LogP contribution < -0.4 is 10.6 Å². The molecule has 6 nitrogen and oxygen atoms in total. The lowest BCUT2D eigenvalue weighted by Crippen LogP contribution is -2.09. The van der Waals surface area contributed by atoms with Crippen LogP contribution >= 0.6 is 0 Å². The summed E-state index contributed by atoms with van der Waals surface area (Å²) in [5.41, 5.74) is 3.95. The summed E-state index contributed by atoms with van der Waals surface area (Å²) in [4.78, 5) is 24.4. The normalized spacial score (nSPS) is 10.4. The molecule has 3 aromatic rings. The van der Waals surface area contributed by atoms with Crippen LogP contribution in [0.1, 0.15) is 25.1 Å². The van der Waals surface area contributed by atoms with E-state index in [0.717, 1.165) is 42.1 Å². The largest absolute Gasteiger partial charge is 0.370 e. The first-order valence-electron chi connectivity index (χ1n) is 9.03. The molecule has 138 valence electrons. The Morgan fingerprint density at radius 1 is 1.04 bits per heavy atom. The first kappa shape index (κ1) is 18.5. The summed E-state index contributed by atoms with van der Waals surface area (Å²) < 4.78 is 0. The molecule has 0 radical (unpaired) electrons. The standard InChI is InChI=1S/C21H23N5O/c1-3-18-14-20(26-21(25-18)17-9-11-22-12-10-17)23-13-8-16-4-6-19(7-5-16)24-15(2)27/h4-7,9-12,14H,3,8,13H2,1-2H3,(H,24,27)(H,23,25,26). The molecule has 0 aliphatic carbocycles. The smallest absolute Gasteiger partial charge is 0.221 e. The zero-order chi connectivity index (χ0) is 19.1. The van der Waals surface area contributed by atoms with Crippen molar-refractivity contribution >= 4 is 17.4 Å². The molecule has 0 aliphatic heterocycles. The van der Waals surface area contributed by atoms with Gasteiger partial charge in [-0.25, -0.2) is 9.97 Å². The third-order valence-corrected chi connectivity index (χ3v) is 4.07. The topological polar surface area (TPSA) is 79.8 Å². The van der Waals surface area contributed by atoms with Crippen LogP contribution in [-0.4, -0.2) is 27.4 Å². The molecule has 1 amide bonds. The van der Waals surface area contributed by atoms with E-state index < -0.39 is 0 Å². The van der Waals surface area contributed by atoms with Crippen LogP contribution in [0.2, 0.25) is 0 Å². The van der Waals surface area contributed by atoms with E-state index in [4.69, 9.17) is 0 Å². The summed E-state index contributed by atoms with van der Waals surface area (Å²) in [5, 5.41) is 6.16. The van der Waals surface area contributed by atoms with Crippen molar-refractivity contribution in [3.05, 3.63) is 66.1 Å². The molecule has 27 heavy (non-hydrogen) atoms. The average molecular weight is 361 g/mol. The van der Waals surface area contributed by atoms with E-state index in [1.807, 2.05) is 42.5 Å². The first-order valence-corrected chi connectivity index (χ1v) is 9.03. The summed E-state index contributed by atoms with van der Waals surface area (Å²) in [6, 6.07) is 13.7. The summed E-state index contributed by atoms with van der Waals surface area (Å²) in [5.74, 6) is 1.47. The fourth-order valence-corrected chi connectivity index (χ4v) is 2.69. The number of carbonyl (C=O) groups is 1. The molecule has 6 heteroatoms. The molecule has 3 rings (SSSR count). The number of nitrogens with zero attached hydrogens (tertiary/aromatic N) is 3. The molecule has 0 bridgehead atoms. The van der Waals surface area contributed by atoms with Crippen molar-refractivity contribution < 1.29 is 4.79 Å². The minimum atomic E-state index is -0.0649. The summed E-state index contributed by atoms with van der Waals surface area (Å²) in [7, 11) is 0. The molecule has 2 aromatic heterocycles. The Labute approximate surface area is 159 Å². The highest BCUT2D eigenvalue weighted by molar-refractivity contribution is 5.88. The van der Waals surface area contributed by atoms with Gasteiger partial charge in [0.2, 0.25) is 5.91 Å². The van der Waals surface area contributed by atoms with Gasteiger partial charge < -0.3 is 10.6 Å². The van der Waals surface area contributed by atoms with E-state index in [1.165, 1.54) is 12.5 Å². The van der Waals surface area contributed by atoms with Gasteiger partial charge >= 0.3 is 0 Å². The maximum absolute atomic E-state index is 11.1. The fourth-order valence-electron chi connectivity index (χ4n) is 2.69. The Hall–Kier alpha value is -3.28. The van der Waals surface area contributed by atoms with Crippen molar-refractivity contribution in [1.82, 2.24) is 15.0 Å². The Bertz CT molecular complexity index is 894. The second-order valence-electron chi connectivity index (χ2n) is 6.21. The van der Waals surface area contributed by atoms with E-state index in [1.54, 1.807) is 12.4 Å². The Balaban J connectivity index is 1.64. The molecule has 0 unspecified atom stereocenters. The molecular weight excluding hydrogens is 338 g/mol. The number of hydrogen-bond donors (Lipinski definition) is 2. The van der Waals surface area contributed by atoms with Crippen molar-refractivity contribution in [2.75, 3.05) is 17.2 Å². The van der Waals surface area contributed by atoms with Gasteiger partial charge in [-0.15, -0.1) is 0 Å². The van der Waals surface area contributed by atoms with Crippen LogP contribution in [0.25, 0.3) is 11.4 Å². The molecule has 1 aromatic carbocycles. The maximum Gasteiger partial charge on any atom is 0.221 e. The quantitative estimate of drug-likeness (QED) is 0.670. The maximum atomic E-state index is 11.1. The SMILES string of the molecule is CCc1cc(NCCc2ccc(NC(C)=O)cc2)nc(-c2ccncc2)n1. The molecule has 0 atom stereocenters. The lowest BCUT2D eigenvalue weighted by molar-refractivity contribution is -0.114. The zero-order valence-corrected chi connectivity index (χ0v) is 15.6. The molecule has 0 spiro atoms. The highest BCUT2D eigenvalue weighted by atomic mass is 16.1. The minimum Gasteiger partial charge on any atom is -0.370 e. The number of aryl methyl sites for hydroxylation is 1. The molecule has 0 fully saturated rings. The van der Waals surface area contributed by atoms with Crippen molar-refractivity contribution in [2.24, 2.45) is 0 Å². The number of amides is 1. The van der Waals surface area contributed by atoms with Crippen LogP contribution in [0.5, 0.6) is 0 Å². The third kappa shape index (κ3) is 5.34. The molecule has 2 heterocycles. The van der Waals surface area contributed by atoms with Crippen molar-refractivity contribution in [1.29, 1.82) is 0 Å². The lowest BCUT2D eigenvalue weighted by atomic mass is 10.1. The van der Waals surface area contributed by atoms with Crippen LogP contribution in [0.4, 0.5) is 11.5 Å². The number of pyridine rings is 1. The predicted molar refractivity (Wildman–Crippen MR) is 108 cm³/mol. The second kappa shape index (κ2) is 8.89. The summed E-state index contributed by atoms with van der Waals surface area (Å²) >= 11 is 0. The van der Waals surface area contributed by atoms with Crippen LogP contribution in [0, 0.1) is 0 Å². The van der Waals surface area contributed by atoms with Crippen molar-refractivity contribution in [3.8, 4) is 11.4 Å². The van der Waals surface area contributed by atoms with Crippen LogP contribution in [-0.2, 0) is 17.6 Å². The Morgan fingerprint density at radius 3 is 2.44 bits per heavy atom. The van der Waals surface area contributed by atoms with Gasteiger partial charge in [-0.1, -0.05) is 19.1 Å². The number of anilines is 2. The van der Waals surface area contributed by atoms with Gasteiger partial charge in [-0.2, -0.15) is 0 Å². The molecular formula is C21H23N5O. The van der Waals surface area contributed by atoms with Crippen LogP contribution in [0.3, 0.4) is 0 Å². The van der Waals surface area contributed by atoms with Gasteiger partial charge in [0.25, 0.3) is 0 Å². The fraction of sp³-hybridized carbons (Fsp3) is 0.238.